The van der Waals surface area contributed by atoms with E-state index < -0.39 is 0 Å². The smallest absolute Gasteiger partial charge is 0.199 e. The molecule has 1 rings (SSSR count). The Kier molecular flexibility index (Phi) is 4.75. The van der Waals surface area contributed by atoms with Crippen molar-refractivity contribution >= 4 is 12.1 Å². The van der Waals surface area contributed by atoms with Crippen LogP contribution in [0.25, 0.3) is 0 Å². The average molecular weight is 204 g/mol. The zero-order valence-corrected chi connectivity index (χ0v) is 9.03. The first-order valence-corrected chi connectivity index (χ1v) is 5.32. The van der Waals surface area contributed by atoms with Gasteiger partial charge < -0.3 is 0 Å². The standard InChI is InChI=1S/C13H16O2/c1-2-3-4-11-5-7-12(8-6-11)9-13(15)10-14/h5-8,10H,2-4,9H2,1H3. The first-order chi connectivity index (χ1) is 7.26. The maximum Gasteiger partial charge on any atom is 0.199 e. The van der Waals surface area contributed by atoms with Crippen molar-refractivity contribution < 1.29 is 9.59 Å². The molecule has 0 atom stereocenters. The summed E-state index contributed by atoms with van der Waals surface area (Å²) in [6, 6.07) is 7.91. The van der Waals surface area contributed by atoms with Gasteiger partial charge in [0.1, 0.15) is 0 Å². The molecule has 0 aliphatic heterocycles. The SMILES string of the molecule is CCCCc1ccc(CC(=O)C=O)cc1. The fourth-order valence-electron chi connectivity index (χ4n) is 1.45. The molecule has 80 valence electrons. The van der Waals surface area contributed by atoms with Crippen molar-refractivity contribution in [2.45, 2.75) is 32.6 Å². The van der Waals surface area contributed by atoms with Crippen LogP contribution < -0.4 is 0 Å². The maximum atomic E-state index is 10.9. The van der Waals surface area contributed by atoms with Crippen LogP contribution in [0.3, 0.4) is 0 Å². The molecule has 0 radical (unpaired) electrons. The molecule has 0 fully saturated rings. The van der Waals surface area contributed by atoms with E-state index in [1.807, 2.05) is 24.3 Å². The molecule has 0 amide bonds. The normalized spacial score (nSPS) is 9.93. The van der Waals surface area contributed by atoms with E-state index in [4.69, 9.17) is 0 Å². The lowest BCUT2D eigenvalue weighted by molar-refractivity contribution is -0.129. The molecule has 0 aromatic heterocycles. The predicted molar refractivity (Wildman–Crippen MR) is 59.8 cm³/mol. The quantitative estimate of drug-likeness (QED) is 0.526. The minimum absolute atomic E-state index is 0.220. The molecule has 0 saturated heterocycles. The van der Waals surface area contributed by atoms with E-state index in [1.54, 1.807) is 0 Å². The second kappa shape index (κ2) is 6.12. The van der Waals surface area contributed by atoms with Gasteiger partial charge in [-0.25, -0.2) is 0 Å². The molecule has 0 aliphatic carbocycles. The van der Waals surface area contributed by atoms with Crippen molar-refractivity contribution in [2.24, 2.45) is 0 Å². The molecule has 2 heteroatoms. The van der Waals surface area contributed by atoms with Gasteiger partial charge in [-0.2, -0.15) is 0 Å². The largest absolute Gasteiger partial charge is 0.295 e. The number of carbonyl (C=O) groups excluding carboxylic acids is 2. The van der Waals surface area contributed by atoms with Crippen LogP contribution in [-0.2, 0) is 22.4 Å². The Bertz CT molecular complexity index is 325. The molecule has 0 saturated carbocycles. The van der Waals surface area contributed by atoms with Gasteiger partial charge in [0.05, 0.1) is 0 Å². The lowest BCUT2D eigenvalue weighted by Crippen LogP contribution is -2.03. The number of carbonyl (C=O) groups is 2. The molecule has 1 aromatic carbocycles. The number of unbranched alkanes of at least 4 members (excludes halogenated alkanes) is 1. The number of rotatable bonds is 6. The van der Waals surface area contributed by atoms with Gasteiger partial charge in [0.2, 0.25) is 0 Å². The van der Waals surface area contributed by atoms with Gasteiger partial charge in [-0.15, -0.1) is 0 Å². The van der Waals surface area contributed by atoms with Gasteiger partial charge in [-0.3, -0.25) is 9.59 Å². The molecule has 15 heavy (non-hydrogen) atoms. The van der Waals surface area contributed by atoms with Crippen LogP contribution in [0.2, 0.25) is 0 Å². The summed E-state index contributed by atoms with van der Waals surface area (Å²) in [7, 11) is 0. The molecule has 0 unspecified atom stereocenters. The summed E-state index contributed by atoms with van der Waals surface area (Å²) in [4.78, 5) is 21.0. The number of aryl methyl sites for hydroxylation is 1. The number of ketones is 1. The predicted octanol–water partition coefficient (Wildman–Crippen LogP) is 2.34. The van der Waals surface area contributed by atoms with E-state index >= 15 is 0 Å². The molecule has 2 nitrogen and oxygen atoms in total. The zero-order valence-electron chi connectivity index (χ0n) is 9.03. The van der Waals surface area contributed by atoms with Crippen molar-refractivity contribution in [1.29, 1.82) is 0 Å². The zero-order chi connectivity index (χ0) is 11.1. The van der Waals surface area contributed by atoms with Gasteiger partial charge in [-0.1, -0.05) is 37.6 Å². The first kappa shape index (κ1) is 11.6. The van der Waals surface area contributed by atoms with E-state index in [9.17, 15) is 9.59 Å². The van der Waals surface area contributed by atoms with E-state index in [1.165, 1.54) is 18.4 Å². The molecule has 0 bridgehead atoms. The monoisotopic (exact) mass is 204 g/mol. The Balaban J connectivity index is 2.55. The van der Waals surface area contributed by atoms with Crippen LogP contribution in [0, 0.1) is 0 Å². The van der Waals surface area contributed by atoms with Crippen molar-refractivity contribution in [3.05, 3.63) is 35.4 Å². The van der Waals surface area contributed by atoms with Crippen LogP contribution in [0.5, 0.6) is 0 Å². The van der Waals surface area contributed by atoms with E-state index in [-0.39, 0.29) is 12.2 Å². The minimum Gasteiger partial charge on any atom is -0.295 e. The summed E-state index contributed by atoms with van der Waals surface area (Å²) in [6.07, 6.45) is 4.05. The third-order valence-electron chi connectivity index (χ3n) is 2.35. The fraction of sp³-hybridized carbons (Fsp3) is 0.385. The maximum absolute atomic E-state index is 10.9. The average Bonchev–Trinajstić information content (AvgIpc) is 2.28. The number of aldehydes is 1. The van der Waals surface area contributed by atoms with Crippen molar-refractivity contribution in [3.8, 4) is 0 Å². The number of hydrogen-bond acceptors (Lipinski definition) is 2. The van der Waals surface area contributed by atoms with Gasteiger partial charge in [-0.05, 0) is 24.0 Å². The molecule has 0 heterocycles. The highest BCUT2D eigenvalue weighted by atomic mass is 16.2. The third-order valence-corrected chi connectivity index (χ3v) is 2.35. The van der Waals surface area contributed by atoms with Crippen LogP contribution in [0.15, 0.2) is 24.3 Å². The Morgan fingerprint density at radius 2 is 1.80 bits per heavy atom. The number of benzene rings is 1. The van der Waals surface area contributed by atoms with E-state index in [0.29, 0.717) is 6.29 Å². The van der Waals surface area contributed by atoms with Crippen molar-refractivity contribution in [2.75, 3.05) is 0 Å². The molecule has 0 spiro atoms. The first-order valence-electron chi connectivity index (χ1n) is 5.32. The van der Waals surface area contributed by atoms with Crippen LogP contribution in [0.4, 0.5) is 0 Å². The topological polar surface area (TPSA) is 34.1 Å². The molecular weight excluding hydrogens is 188 g/mol. The second-order valence-corrected chi connectivity index (χ2v) is 3.68. The highest BCUT2D eigenvalue weighted by molar-refractivity contribution is 6.25. The summed E-state index contributed by atoms with van der Waals surface area (Å²) >= 11 is 0. The van der Waals surface area contributed by atoms with Crippen molar-refractivity contribution in [3.63, 3.8) is 0 Å². The highest BCUT2D eigenvalue weighted by Gasteiger charge is 2.01. The van der Waals surface area contributed by atoms with Gasteiger partial charge in [0.15, 0.2) is 12.1 Å². The lowest BCUT2D eigenvalue weighted by Gasteiger charge is -2.01. The van der Waals surface area contributed by atoms with Crippen LogP contribution >= 0.6 is 0 Å². The van der Waals surface area contributed by atoms with Gasteiger partial charge in [0.25, 0.3) is 0 Å². The fourth-order valence-corrected chi connectivity index (χ4v) is 1.45. The summed E-state index contributed by atoms with van der Waals surface area (Å²) < 4.78 is 0. The Morgan fingerprint density at radius 1 is 1.20 bits per heavy atom. The minimum atomic E-state index is -0.365. The Labute approximate surface area is 90.3 Å². The summed E-state index contributed by atoms with van der Waals surface area (Å²) in [5.41, 5.74) is 2.20. The van der Waals surface area contributed by atoms with Gasteiger partial charge >= 0.3 is 0 Å². The van der Waals surface area contributed by atoms with Gasteiger partial charge in [0, 0.05) is 6.42 Å². The van der Waals surface area contributed by atoms with E-state index in [0.717, 1.165) is 12.0 Å². The Morgan fingerprint density at radius 3 is 2.33 bits per heavy atom. The summed E-state index contributed by atoms with van der Waals surface area (Å²) in [5.74, 6) is -0.365. The van der Waals surface area contributed by atoms with Crippen molar-refractivity contribution in [1.82, 2.24) is 0 Å². The van der Waals surface area contributed by atoms with Crippen LogP contribution in [-0.4, -0.2) is 12.1 Å². The molecule has 0 aliphatic rings. The molecule has 0 N–H and O–H groups in total. The second-order valence-electron chi connectivity index (χ2n) is 3.68. The summed E-state index contributed by atoms with van der Waals surface area (Å²) in [5, 5.41) is 0. The summed E-state index contributed by atoms with van der Waals surface area (Å²) in [6.45, 7) is 2.16. The highest BCUT2D eigenvalue weighted by Crippen LogP contribution is 2.08. The Hall–Kier alpha value is -1.44. The third kappa shape index (κ3) is 4.07. The van der Waals surface area contributed by atoms with E-state index in [2.05, 4.69) is 6.92 Å². The number of hydrogen-bond donors (Lipinski definition) is 0. The molecular formula is C13H16O2. The number of Topliss-reactive ketones (excluding diaryl/α,β-unsaturated/α-hetero) is 1. The lowest BCUT2D eigenvalue weighted by atomic mass is 10.0. The molecule has 1 aromatic rings. The van der Waals surface area contributed by atoms with Crippen LogP contribution in [0.1, 0.15) is 30.9 Å².